The Morgan fingerprint density at radius 3 is 2.12 bits per heavy atom. The molecule has 0 heterocycles. The average molecular weight is 186 g/mol. The van der Waals surface area contributed by atoms with E-state index in [0.717, 1.165) is 12.8 Å². The van der Waals surface area contributed by atoms with Crippen molar-refractivity contribution in [1.29, 1.82) is 0 Å². The maximum atomic E-state index is 9.44. The maximum Gasteiger partial charge on any atom is 0.198 e. The van der Waals surface area contributed by atoms with Gasteiger partial charge in [-0.05, 0) is 6.42 Å². The molecule has 0 aromatic heterocycles. The zero-order valence-corrected chi connectivity index (χ0v) is 8.84. The van der Waals surface area contributed by atoms with E-state index in [-0.39, 0.29) is 31.9 Å². The first-order valence-corrected chi connectivity index (χ1v) is 2.26. The minimum Gasteiger partial charge on any atom is -1.00 e. The van der Waals surface area contributed by atoms with Crippen molar-refractivity contribution in [2.45, 2.75) is 26.2 Å². The van der Waals surface area contributed by atoms with Crippen LogP contribution in [0.25, 0.3) is 0 Å². The molecule has 1 radical (unpaired) electrons. The fourth-order valence-corrected chi connectivity index (χ4v) is 0.249. The second-order valence-corrected chi connectivity index (χ2v) is 1.25. The summed E-state index contributed by atoms with van der Waals surface area (Å²) in [5, 5.41) is 0. The minimum atomic E-state index is 0. The van der Waals surface area contributed by atoms with Crippen LogP contribution in [0.3, 0.4) is 0 Å². The van der Waals surface area contributed by atoms with Gasteiger partial charge in [0.05, 0.1) is 0 Å². The topological polar surface area (TPSA) is 17.1 Å². The van der Waals surface area contributed by atoms with E-state index in [9.17, 15) is 4.79 Å². The molecule has 0 saturated heterocycles. The summed E-state index contributed by atoms with van der Waals surface area (Å²) in [6.45, 7) is 2.05. The molecule has 0 N–H and O–H groups in total. The number of hydrogen-bond donors (Lipinski definition) is 0. The zero-order chi connectivity index (χ0) is 4.83. The smallest absolute Gasteiger partial charge is 0.198 e. The van der Waals surface area contributed by atoms with Gasteiger partial charge in [-0.3, -0.25) is 4.79 Å². The van der Waals surface area contributed by atoms with Crippen LogP contribution in [0.1, 0.15) is 26.2 Å². The van der Waals surface area contributed by atoms with Crippen molar-refractivity contribution in [1.82, 2.24) is 0 Å². The monoisotopic (exact) mass is 184 g/mol. The number of carbonyl (C=O) groups excluding carboxylic acids is 1. The van der Waals surface area contributed by atoms with Crippen LogP contribution in [-0.2, 0) is 24.3 Å². The fraction of sp³-hybridized carbons (Fsp3) is 0.800. The molecule has 0 amide bonds. The summed E-state index contributed by atoms with van der Waals surface area (Å²) in [6.07, 6.45) is 4.51. The molecule has 0 unspecified atom stereocenters. The fourth-order valence-electron chi connectivity index (χ4n) is 0.249. The third-order valence-corrected chi connectivity index (χ3v) is 0.632. The molecule has 0 aromatic carbocycles. The van der Waals surface area contributed by atoms with Crippen molar-refractivity contribution in [2.75, 3.05) is 0 Å². The third kappa shape index (κ3) is 16.0. The Labute approximate surface area is 69.4 Å². The largest absolute Gasteiger partial charge is 1.00 e. The van der Waals surface area contributed by atoms with Gasteiger partial charge in [0.25, 0.3) is 0 Å². The van der Waals surface area contributed by atoms with E-state index in [1.165, 1.54) is 0 Å². The molecule has 3 heteroatoms. The van der Waals surface area contributed by atoms with E-state index < -0.39 is 0 Å². The summed E-state index contributed by atoms with van der Waals surface area (Å²) < 4.78 is 0. The molecule has 0 aromatic rings. The van der Waals surface area contributed by atoms with E-state index in [1.54, 1.807) is 0 Å². The second kappa shape index (κ2) is 15.6. The van der Waals surface area contributed by atoms with Crippen LogP contribution in [0.5, 0.6) is 0 Å². The number of unbranched alkanes of at least 4 members (excludes halogenated alkanes) is 2. The molecular formula is C5H9ClOZn-. The molecule has 0 spiro atoms. The molecule has 0 atom stereocenters. The van der Waals surface area contributed by atoms with Gasteiger partial charge in [0.2, 0.25) is 0 Å². The normalized spacial score (nSPS) is 6.12. The van der Waals surface area contributed by atoms with Gasteiger partial charge in [0.15, 0.2) is 6.29 Å². The second-order valence-electron chi connectivity index (χ2n) is 1.25. The van der Waals surface area contributed by atoms with E-state index in [0.29, 0.717) is 6.42 Å². The van der Waals surface area contributed by atoms with Crippen LogP contribution in [0.2, 0.25) is 0 Å². The van der Waals surface area contributed by atoms with Gasteiger partial charge in [-0.2, -0.15) is 0 Å². The molecule has 0 aliphatic heterocycles. The molecule has 0 rings (SSSR count). The Balaban J connectivity index is -0.000000125. The van der Waals surface area contributed by atoms with Crippen molar-refractivity contribution >= 4 is 6.29 Å². The minimum absolute atomic E-state index is 0. The predicted molar refractivity (Wildman–Crippen MR) is 25.2 cm³/mol. The van der Waals surface area contributed by atoms with Crippen LogP contribution in [-0.4, -0.2) is 6.29 Å². The van der Waals surface area contributed by atoms with Crippen LogP contribution >= 0.6 is 0 Å². The first-order chi connectivity index (χ1) is 2.91. The maximum absolute atomic E-state index is 9.44. The zero-order valence-electron chi connectivity index (χ0n) is 5.11. The van der Waals surface area contributed by atoms with Gasteiger partial charge in [0.1, 0.15) is 0 Å². The van der Waals surface area contributed by atoms with Gasteiger partial charge in [0, 0.05) is 25.9 Å². The van der Waals surface area contributed by atoms with Crippen molar-refractivity contribution in [3.63, 3.8) is 0 Å². The number of rotatable bonds is 3. The van der Waals surface area contributed by atoms with Crippen LogP contribution in [0, 0.1) is 0 Å². The average Bonchev–Trinajstić information content (AvgIpc) is 1.61. The molecule has 0 aliphatic rings. The molecule has 8 heavy (non-hydrogen) atoms. The Kier molecular flexibility index (Phi) is 31.0. The Morgan fingerprint density at radius 1 is 1.50 bits per heavy atom. The number of halogens is 1. The van der Waals surface area contributed by atoms with Gasteiger partial charge in [-0.25, -0.2) is 0 Å². The molecule has 0 saturated carbocycles. The van der Waals surface area contributed by atoms with Gasteiger partial charge in [-0.15, -0.1) is 0 Å². The van der Waals surface area contributed by atoms with Gasteiger partial charge < -0.3 is 12.4 Å². The van der Waals surface area contributed by atoms with E-state index in [4.69, 9.17) is 0 Å². The Hall–Kier alpha value is 0.583. The Bertz CT molecular complexity index is 41.4. The quantitative estimate of drug-likeness (QED) is 0.378. The summed E-state index contributed by atoms with van der Waals surface area (Å²) in [5.41, 5.74) is 0. The van der Waals surface area contributed by atoms with Gasteiger partial charge >= 0.3 is 0 Å². The summed E-state index contributed by atoms with van der Waals surface area (Å²) in [4.78, 5) is 9.44. The summed E-state index contributed by atoms with van der Waals surface area (Å²) in [6, 6.07) is 0. The van der Waals surface area contributed by atoms with Crippen LogP contribution in [0.15, 0.2) is 0 Å². The molecule has 0 fully saturated rings. The van der Waals surface area contributed by atoms with Crippen molar-refractivity contribution in [3.05, 3.63) is 0 Å². The summed E-state index contributed by atoms with van der Waals surface area (Å²) in [5.74, 6) is 0. The Morgan fingerprint density at radius 2 is 2.00 bits per heavy atom. The predicted octanol–water partition coefficient (Wildman–Crippen LogP) is -1.71. The molecule has 0 bridgehead atoms. The first-order valence-electron chi connectivity index (χ1n) is 2.26. The molecule has 45 valence electrons. The molecular weight excluding hydrogens is 177 g/mol. The van der Waals surface area contributed by atoms with E-state index in [2.05, 4.69) is 6.92 Å². The first kappa shape index (κ1) is 15.8. The van der Waals surface area contributed by atoms with Crippen molar-refractivity contribution in [2.24, 2.45) is 0 Å². The number of hydrogen-bond acceptors (Lipinski definition) is 1. The van der Waals surface area contributed by atoms with Crippen LogP contribution < -0.4 is 12.4 Å². The SMILES string of the molecule is CCCC[C]=O.[Cl-].[Zn]. The third-order valence-electron chi connectivity index (χ3n) is 0.632. The summed E-state index contributed by atoms with van der Waals surface area (Å²) >= 11 is 0. The van der Waals surface area contributed by atoms with Crippen LogP contribution in [0.4, 0.5) is 0 Å². The standard InChI is InChI=1S/C5H9O.ClH.Zn/c1-2-3-4-5-6;;/h2-4H2,1H3;1H;/p-1. The van der Waals surface area contributed by atoms with Crippen molar-refractivity contribution < 1.29 is 36.7 Å². The van der Waals surface area contributed by atoms with E-state index >= 15 is 0 Å². The van der Waals surface area contributed by atoms with Crippen molar-refractivity contribution in [3.8, 4) is 0 Å². The summed E-state index contributed by atoms with van der Waals surface area (Å²) in [7, 11) is 0. The molecule has 0 aliphatic carbocycles. The van der Waals surface area contributed by atoms with Gasteiger partial charge in [-0.1, -0.05) is 13.3 Å². The molecule has 1 nitrogen and oxygen atoms in total. The van der Waals surface area contributed by atoms with E-state index in [1.807, 2.05) is 6.29 Å².